The van der Waals surface area contributed by atoms with E-state index in [1.54, 1.807) is 6.07 Å². The van der Waals surface area contributed by atoms with E-state index in [1.165, 1.54) is 6.20 Å². The molecule has 1 aromatic heterocycles. The number of nitrogens with zero attached hydrogens (tertiary/aromatic N) is 2. The first-order valence-corrected chi connectivity index (χ1v) is 5.70. The Hall–Kier alpha value is -1.69. The van der Waals surface area contributed by atoms with Crippen molar-refractivity contribution in [1.82, 2.24) is 15.5 Å². The van der Waals surface area contributed by atoms with Crippen molar-refractivity contribution in [2.45, 2.75) is 24.8 Å². The summed E-state index contributed by atoms with van der Waals surface area (Å²) in [5.74, 6) is -0.287. The highest BCUT2D eigenvalue weighted by molar-refractivity contribution is 6.16. The Balaban J connectivity index is 2.05. The van der Waals surface area contributed by atoms with Crippen molar-refractivity contribution >= 4 is 29.1 Å². The molecule has 2 heterocycles. The number of aromatic nitrogens is 2. The predicted molar refractivity (Wildman–Crippen MR) is 61.4 cm³/mol. The number of carbonyl (C=O) groups excluding carboxylic acids is 2. The number of hydrogen-bond acceptors (Lipinski definition) is 5. The van der Waals surface area contributed by atoms with Gasteiger partial charge in [-0.3, -0.25) is 14.9 Å². The summed E-state index contributed by atoms with van der Waals surface area (Å²) in [7, 11) is 0. The molecule has 0 spiro atoms. The first-order chi connectivity index (χ1) is 8.19. The maximum atomic E-state index is 11.5. The average molecular weight is 255 g/mol. The lowest BCUT2D eigenvalue weighted by Gasteiger charge is -2.22. The van der Waals surface area contributed by atoms with E-state index in [9.17, 15) is 9.59 Å². The summed E-state index contributed by atoms with van der Waals surface area (Å²) in [5.41, 5.74) is 1.30. The van der Waals surface area contributed by atoms with E-state index in [0.717, 1.165) is 0 Å². The number of piperidine rings is 1. The lowest BCUT2D eigenvalue weighted by atomic mass is 10.1. The standard InChI is InChI=1S/C10H11ClN4O2/c11-4-6-3-7(5-12-15-6)13-8-1-2-9(16)14-10(8)17/h3,5,8H,1-2,4H2,(H,13,15)(H,14,16,17). The lowest BCUT2D eigenvalue weighted by Crippen LogP contribution is -2.47. The van der Waals surface area contributed by atoms with Gasteiger partial charge >= 0.3 is 0 Å². The number of alkyl halides is 1. The van der Waals surface area contributed by atoms with Crippen molar-refractivity contribution in [3.05, 3.63) is 18.0 Å². The molecule has 90 valence electrons. The van der Waals surface area contributed by atoms with Gasteiger partial charge in [0, 0.05) is 6.42 Å². The SMILES string of the molecule is O=C1CCC(Nc2cnnc(CCl)c2)C(=O)N1. The van der Waals surface area contributed by atoms with Crippen molar-refractivity contribution in [3.63, 3.8) is 0 Å². The van der Waals surface area contributed by atoms with Crippen molar-refractivity contribution < 1.29 is 9.59 Å². The van der Waals surface area contributed by atoms with Gasteiger partial charge in [0.25, 0.3) is 0 Å². The summed E-state index contributed by atoms with van der Waals surface area (Å²) in [4.78, 5) is 22.5. The zero-order chi connectivity index (χ0) is 12.3. The van der Waals surface area contributed by atoms with Crippen LogP contribution in [-0.2, 0) is 15.5 Å². The molecule has 2 rings (SSSR count). The van der Waals surface area contributed by atoms with Crippen LogP contribution < -0.4 is 10.6 Å². The Labute approximate surface area is 103 Å². The summed E-state index contributed by atoms with van der Waals surface area (Å²) in [6, 6.07) is 1.31. The van der Waals surface area contributed by atoms with Gasteiger partial charge in [-0.25, -0.2) is 0 Å². The van der Waals surface area contributed by atoms with Gasteiger partial charge in [0.05, 0.1) is 23.5 Å². The number of hydrogen-bond donors (Lipinski definition) is 2. The van der Waals surface area contributed by atoms with Gasteiger partial charge in [-0.2, -0.15) is 10.2 Å². The molecule has 1 fully saturated rings. The Morgan fingerprint density at radius 1 is 1.53 bits per heavy atom. The second-order valence-corrected chi connectivity index (χ2v) is 3.98. The number of nitrogens with one attached hydrogen (secondary N) is 2. The van der Waals surface area contributed by atoms with Crippen LogP contribution >= 0.6 is 11.6 Å². The Morgan fingerprint density at radius 2 is 2.35 bits per heavy atom. The number of rotatable bonds is 3. The minimum Gasteiger partial charge on any atom is -0.372 e. The lowest BCUT2D eigenvalue weighted by molar-refractivity contribution is -0.133. The Morgan fingerprint density at radius 3 is 3.06 bits per heavy atom. The topological polar surface area (TPSA) is 84.0 Å². The zero-order valence-corrected chi connectivity index (χ0v) is 9.70. The summed E-state index contributed by atoms with van der Waals surface area (Å²) in [6.07, 6.45) is 2.33. The van der Waals surface area contributed by atoms with E-state index >= 15 is 0 Å². The molecule has 0 aliphatic carbocycles. The van der Waals surface area contributed by atoms with E-state index in [4.69, 9.17) is 11.6 Å². The molecule has 0 saturated carbocycles. The van der Waals surface area contributed by atoms with Gasteiger partial charge in [0.15, 0.2) is 0 Å². The predicted octanol–water partition coefficient (Wildman–Crippen LogP) is 0.432. The Bertz CT molecular complexity index is 452. The highest BCUT2D eigenvalue weighted by Gasteiger charge is 2.26. The van der Waals surface area contributed by atoms with Crippen LogP contribution in [0.2, 0.25) is 0 Å². The monoisotopic (exact) mass is 254 g/mol. The van der Waals surface area contributed by atoms with Gasteiger partial charge < -0.3 is 5.32 Å². The molecule has 1 aliphatic rings. The maximum absolute atomic E-state index is 11.5. The van der Waals surface area contributed by atoms with Crippen LogP contribution in [0.3, 0.4) is 0 Å². The molecule has 1 unspecified atom stereocenters. The van der Waals surface area contributed by atoms with Crippen LogP contribution in [0, 0.1) is 0 Å². The molecule has 7 heteroatoms. The van der Waals surface area contributed by atoms with Gasteiger partial charge in [-0.15, -0.1) is 11.6 Å². The fourth-order valence-corrected chi connectivity index (χ4v) is 1.72. The summed E-state index contributed by atoms with van der Waals surface area (Å²) in [5, 5.41) is 12.8. The molecule has 0 radical (unpaired) electrons. The number of halogens is 1. The first kappa shape index (κ1) is 11.8. The minimum atomic E-state index is -0.417. The third-order valence-corrected chi connectivity index (χ3v) is 2.70. The molecule has 0 bridgehead atoms. The number of imide groups is 1. The molecule has 1 atom stereocenters. The van der Waals surface area contributed by atoms with Gasteiger partial charge in [-0.05, 0) is 12.5 Å². The Kier molecular flexibility index (Phi) is 3.53. The number of amides is 2. The van der Waals surface area contributed by atoms with Crippen LogP contribution in [-0.4, -0.2) is 28.1 Å². The largest absolute Gasteiger partial charge is 0.372 e. The van der Waals surface area contributed by atoms with Crippen LogP contribution in [0.4, 0.5) is 5.69 Å². The fourth-order valence-electron chi connectivity index (χ4n) is 1.59. The van der Waals surface area contributed by atoms with Crippen molar-refractivity contribution in [2.75, 3.05) is 5.32 Å². The number of carbonyl (C=O) groups is 2. The van der Waals surface area contributed by atoms with Crippen LogP contribution in [0.25, 0.3) is 0 Å². The second-order valence-electron chi connectivity index (χ2n) is 3.72. The van der Waals surface area contributed by atoms with Crippen LogP contribution in [0.1, 0.15) is 18.5 Å². The van der Waals surface area contributed by atoms with Gasteiger partial charge in [0.1, 0.15) is 6.04 Å². The van der Waals surface area contributed by atoms with E-state index in [-0.39, 0.29) is 17.7 Å². The smallest absolute Gasteiger partial charge is 0.249 e. The second kappa shape index (κ2) is 5.09. The maximum Gasteiger partial charge on any atom is 0.249 e. The third-order valence-electron chi connectivity index (χ3n) is 2.42. The normalized spacial score (nSPS) is 19.9. The molecule has 1 aliphatic heterocycles. The highest BCUT2D eigenvalue weighted by Crippen LogP contribution is 2.13. The minimum absolute atomic E-state index is 0.234. The van der Waals surface area contributed by atoms with Gasteiger partial charge in [-0.1, -0.05) is 0 Å². The summed E-state index contributed by atoms with van der Waals surface area (Å²) < 4.78 is 0. The quantitative estimate of drug-likeness (QED) is 0.604. The van der Waals surface area contributed by atoms with Crippen molar-refractivity contribution in [1.29, 1.82) is 0 Å². The summed E-state index contributed by atoms with van der Waals surface area (Å²) in [6.45, 7) is 0. The van der Waals surface area contributed by atoms with Crippen LogP contribution in [0.5, 0.6) is 0 Å². The first-order valence-electron chi connectivity index (χ1n) is 5.17. The highest BCUT2D eigenvalue weighted by atomic mass is 35.5. The van der Waals surface area contributed by atoms with E-state index in [0.29, 0.717) is 24.2 Å². The number of anilines is 1. The molecule has 1 aromatic rings. The van der Waals surface area contributed by atoms with Gasteiger partial charge in [0.2, 0.25) is 11.8 Å². The molecule has 2 amide bonds. The molecule has 2 N–H and O–H groups in total. The average Bonchev–Trinajstić information content (AvgIpc) is 2.33. The summed E-state index contributed by atoms with van der Waals surface area (Å²) >= 11 is 5.64. The van der Waals surface area contributed by atoms with E-state index in [1.807, 2.05) is 0 Å². The third kappa shape index (κ3) is 2.91. The fraction of sp³-hybridized carbons (Fsp3) is 0.400. The molecule has 0 aromatic carbocycles. The molecule has 6 nitrogen and oxygen atoms in total. The zero-order valence-electron chi connectivity index (χ0n) is 8.94. The van der Waals surface area contributed by atoms with Crippen LogP contribution in [0.15, 0.2) is 12.3 Å². The molecule has 17 heavy (non-hydrogen) atoms. The van der Waals surface area contributed by atoms with E-state index in [2.05, 4.69) is 20.8 Å². The van der Waals surface area contributed by atoms with Crippen molar-refractivity contribution in [2.24, 2.45) is 0 Å². The van der Waals surface area contributed by atoms with Crippen molar-refractivity contribution in [3.8, 4) is 0 Å². The molecule has 1 saturated heterocycles. The molecular formula is C10H11ClN4O2. The van der Waals surface area contributed by atoms with E-state index < -0.39 is 6.04 Å². The molecular weight excluding hydrogens is 244 g/mol.